The average Bonchev–Trinajstić information content (AvgIpc) is 2.86. The van der Waals surface area contributed by atoms with Gasteiger partial charge in [0.05, 0.1) is 24.2 Å². The summed E-state index contributed by atoms with van der Waals surface area (Å²) in [6.07, 6.45) is -1.87. The number of nitrogens with zero attached hydrogens (tertiary/aromatic N) is 3. The molecule has 1 amide bonds. The van der Waals surface area contributed by atoms with Crippen LogP contribution in [0.3, 0.4) is 0 Å². The lowest BCUT2D eigenvalue weighted by Crippen LogP contribution is -2.50. The molecule has 4 rings (SSSR count). The summed E-state index contributed by atoms with van der Waals surface area (Å²) in [5.41, 5.74) is -0.722. The highest BCUT2D eigenvalue weighted by Gasteiger charge is 2.46. The molecule has 2 aliphatic rings. The minimum Gasteiger partial charge on any atom is -0.439 e. The Labute approximate surface area is 148 Å². The largest absolute Gasteiger partial charge is 0.439 e. The van der Waals surface area contributed by atoms with Crippen molar-refractivity contribution in [2.75, 3.05) is 31.6 Å². The zero-order valence-corrected chi connectivity index (χ0v) is 14.2. The fraction of sp³-hybridized carbons (Fsp3) is 0.444. The average molecular weight is 365 g/mol. The molecule has 2 aromatic rings. The summed E-state index contributed by atoms with van der Waals surface area (Å²) >= 11 is 0. The van der Waals surface area contributed by atoms with Crippen molar-refractivity contribution in [3.05, 3.63) is 36.0 Å². The Balaban J connectivity index is 1.74. The second-order valence-electron chi connectivity index (χ2n) is 6.96. The molecule has 2 saturated heterocycles. The van der Waals surface area contributed by atoms with Crippen LogP contribution in [0.5, 0.6) is 0 Å². The van der Waals surface area contributed by atoms with E-state index in [1.807, 2.05) is 4.90 Å². The molecule has 1 aromatic heterocycles. The summed E-state index contributed by atoms with van der Waals surface area (Å²) in [4.78, 5) is 19.3. The quantitative estimate of drug-likeness (QED) is 0.774. The lowest BCUT2D eigenvalue weighted by molar-refractivity contribution is -0.136. The molecule has 138 valence electrons. The number of rotatable bonds is 1. The third-order valence-corrected chi connectivity index (χ3v) is 5.07. The van der Waals surface area contributed by atoms with Gasteiger partial charge >= 0.3 is 12.3 Å². The smallest absolute Gasteiger partial charge is 0.418 e. The number of benzene rings is 1. The fourth-order valence-electron chi connectivity index (χ4n) is 3.97. The Bertz CT molecular complexity index is 870. The number of hydrogen-bond acceptors (Lipinski definition) is 4. The van der Waals surface area contributed by atoms with Crippen LogP contribution >= 0.6 is 0 Å². The van der Waals surface area contributed by atoms with E-state index in [9.17, 15) is 18.0 Å². The van der Waals surface area contributed by atoms with Crippen LogP contribution in [0, 0.1) is 0 Å². The van der Waals surface area contributed by atoms with E-state index in [1.165, 1.54) is 17.2 Å². The van der Waals surface area contributed by atoms with Gasteiger partial charge in [-0.1, -0.05) is 12.1 Å². The van der Waals surface area contributed by atoms with E-state index in [4.69, 9.17) is 4.74 Å². The van der Waals surface area contributed by atoms with Gasteiger partial charge in [0.25, 0.3) is 0 Å². The van der Waals surface area contributed by atoms with Gasteiger partial charge in [0.1, 0.15) is 5.60 Å². The molecular formula is C18H18F3N3O2. The van der Waals surface area contributed by atoms with Crippen LogP contribution in [0.15, 0.2) is 30.5 Å². The Morgan fingerprint density at radius 1 is 1.23 bits per heavy atom. The predicted molar refractivity (Wildman–Crippen MR) is 90.0 cm³/mol. The van der Waals surface area contributed by atoms with Gasteiger partial charge in [0, 0.05) is 30.9 Å². The van der Waals surface area contributed by atoms with Crippen molar-refractivity contribution in [3.63, 3.8) is 0 Å². The van der Waals surface area contributed by atoms with Crippen LogP contribution < -0.4 is 4.90 Å². The molecule has 0 unspecified atom stereocenters. The number of fused-ring (bicyclic) bond motifs is 1. The maximum atomic E-state index is 13.3. The van der Waals surface area contributed by atoms with Crippen molar-refractivity contribution >= 4 is 22.7 Å². The van der Waals surface area contributed by atoms with Crippen LogP contribution in [0.1, 0.15) is 18.4 Å². The summed E-state index contributed by atoms with van der Waals surface area (Å²) < 4.78 is 45.5. The highest BCUT2D eigenvalue weighted by molar-refractivity contribution is 5.93. The van der Waals surface area contributed by atoms with Crippen LogP contribution in [-0.2, 0) is 10.9 Å². The number of piperidine rings is 1. The zero-order chi connectivity index (χ0) is 18.5. The Morgan fingerprint density at radius 3 is 2.73 bits per heavy atom. The third kappa shape index (κ3) is 2.73. The Morgan fingerprint density at radius 2 is 2.04 bits per heavy atom. The number of carbonyl (C=O) groups is 1. The van der Waals surface area contributed by atoms with Gasteiger partial charge in [-0.3, -0.25) is 4.98 Å². The van der Waals surface area contributed by atoms with E-state index < -0.39 is 17.3 Å². The van der Waals surface area contributed by atoms with E-state index in [2.05, 4.69) is 4.98 Å². The number of anilines is 1. The van der Waals surface area contributed by atoms with E-state index >= 15 is 0 Å². The van der Waals surface area contributed by atoms with E-state index in [1.54, 1.807) is 19.2 Å². The van der Waals surface area contributed by atoms with Crippen molar-refractivity contribution in [1.82, 2.24) is 9.88 Å². The van der Waals surface area contributed by atoms with E-state index in [-0.39, 0.29) is 11.6 Å². The lowest BCUT2D eigenvalue weighted by atomic mass is 9.92. The number of likely N-dealkylation sites (N-methyl/N-ethyl adjacent to an activating group) is 1. The predicted octanol–water partition coefficient (Wildman–Crippen LogP) is 3.67. The number of carbonyl (C=O) groups excluding carboxylic acids is 1. The molecule has 8 heteroatoms. The van der Waals surface area contributed by atoms with Gasteiger partial charge in [0.2, 0.25) is 0 Å². The summed E-state index contributed by atoms with van der Waals surface area (Å²) in [7, 11) is 1.69. The SMILES string of the molecule is CN1C[C@]2(CCCN(c3ccnc4c(C(F)(F)F)cccc34)C2)OC1=O. The maximum absolute atomic E-state index is 13.3. The minimum atomic E-state index is -4.46. The standard InChI is InChI=1S/C18H18F3N3O2/c1-23-10-17(26-16(23)25)7-3-9-24(11-17)14-6-8-22-15-12(14)4-2-5-13(15)18(19,20)21/h2,4-6,8H,3,7,9-11H2,1H3/t17-/m0/s1. The topological polar surface area (TPSA) is 45.7 Å². The number of alkyl halides is 3. The molecule has 0 radical (unpaired) electrons. The number of hydrogen-bond donors (Lipinski definition) is 0. The van der Waals surface area contributed by atoms with Crippen molar-refractivity contribution in [2.45, 2.75) is 24.6 Å². The van der Waals surface area contributed by atoms with Crippen molar-refractivity contribution in [1.29, 1.82) is 0 Å². The molecule has 0 N–H and O–H groups in total. The van der Waals surface area contributed by atoms with Crippen LogP contribution in [0.4, 0.5) is 23.7 Å². The van der Waals surface area contributed by atoms with Gasteiger partial charge in [-0.15, -0.1) is 0 Å². The van der Waals surface area contributed by atoms with Crippen molar-refractivity contribution < 1.29 is 22.7 Å². The van der Waals surface area contributed by atoms with Gasteiger partial charge in [-0.05, 0) is 25.0 Å². The molecule has 3 heterocycles. The molecular weight excluding hydrogens is 347 g/mol. The molecule has 26 heavy (non-hydrogen) atoms. The highest BCUT2D eigenvalue weighted by Crippen LogP contribution is 2.39. The minimum absolute atomic E-state index is 0.0577. The molecule has 0 bridgehead atoms. The van der Waals surface area contributed by atoms with Crippen LogP contribution in [0.2, 0.25) is 0 Å². The first-order valence-corrected chi connectivity index (χ1v) is 8.43. The molecule has 5 nitrogen and oxygen atoms in total. The maximum Gasteiger partial charge on any atom is 0.418 e. The lowest BCUT2D eigenvalue weighted by Gasteiger charge is -2.40. The second kappa shape index (κ2) is 5.75. The Kier molecular flexibility index (Phi) is 3.75. The van der Waals surface area contributed by atoms with E-state index in [0.717, 1.165) is 18.9 Å². The first-order chi connectivity index (χ1) is 12.3. The van der Waals surface area contributed by atoms with Gasteiger partial charge in [-0.25, -0.2) is 4.79 Å². The zero-order valence-electron chi connectivity index (χ0n) is 14.2. The number of halogens is 3. The van der Waals surface area contributed by atoms with Crippen molar-refractivity contribution in [3.8, 4) is 0 Å². The van der Waals surface area contributed by atoms with Crippen LogP contribution in [-0.4, -0.2) is 48.3 Å². The number of pyridine rings is 1. The number of amides is 1. The normalized spacial score (nSPS) is 23.8. The summed E-state index contributed by atoms with van der Waals surface area (Å²) in [5, 5.41) is 0.456. The number of ether oxygens (including phenoxy) is 1. The fourth-order valence-corrected chi connectivity index (χ4v) is 3.97. The van der Waals surface area contributed by atoms with Gasteiger partial charge in [-0.2, -0.15) is 13.2 Å². The monoisotopic (exact) mass is 365 g/mol. The third-order valence-electron chi connectivity index (χ3n) is 5.07. The molecule has 1 spiro atoms. The summed E-state index contributed by atoms with van der Waals surface area (Å²) in [6.45, 7) is 1.63. The van der Waals surface area contributed by atoms with Crippen molar-refractivity contribution in [2.24, 2.45) is 0 Å². The van der Waals surface area contributed by atoms with E-state index in [0.29, 0.717) is 30.7 Å². The molecule has 1 atom stereocenters. The second-order valence-corrected chi connectivity index (χ2v) is 6.96. The number of para-hydroxylation sites is 1. The first-order valence-electron chi connectivity index (χ1n) is 8.43. The summed E-state index contributed by atoms with van der Waals surface area (Å²) in [6, 6.07) is 5.83. The number of aromatic nitrogens is 1. The highest BCUT2D eigenvalue weighted by atomic mass is 19.4. The van der Waals surface area contributed by atoms with Crippen LogP contribution in [0.25, 0.3) is 10.9 Å². The molecule has 0 aliphatic carbocycles. The van der Waals surface area contributed by atoms with Gasteiger partial charge in [0.15, 0.2) is 0 Å². The Hall–Kier alpha value is -2.51. The molecule has 0 saturated carbocycles. The molecule has 2 aliphatic heterocycles. The first kappa shape index (κ1) is 16.9. The molecule has 1 aromatic carbocycles. The van der Waals surface area contributed by atoms with Gasteiger partial charge < -0.3 is 14.5 Å². The molecule has 2 fully saturated rings. The summed E-state index contributed by atoms with van der Waals surface area (Å²) in [5.74, 6) is 0.